The van der Waals surface area contributed by atoms with Crippen LogP contribution < -0.4 is 10.6 Å². The number of hydrogen-bond acceptors (Lipinski definition) is 4. The highest BCUT2D eigenvalue weighted by molar-refractivity contribution is 6.33. The van der Waals surface area contributed by atoms with E-state index in [1.54, 1.807) is 6.92 Å². The van der Waals surface area contributed by atoms with Crippen LogP contribution in [0.1, 0.15) is 55.8 Å². The number of hydrogen-bond donors (Lipinski definition) is 2. The highest BCUT2D eigenvalue weighted by Crippen LogP contribution is 2.29. The quantitative estimate of drug-likeness (QED) is 0.691. The van der Waals surface area contributed by atoms with Crippen LogP contribution >= 0.6 is 11.6 Å². The molecule has 2 rings (SSSR count). The molecule has 1 aliphatic rings. The number of carbonyl (C=O) groups excluding carboxylic acids is 3. The van der Waals surface area contributed by atoms with Crippen molar-refractivity contribution in [3.63, 3.8) is 0 Å². The molecule has 8 heteroatoms. The van der Waals surface area contributed by atoms with Gasteiger partial charge in [0.25, 0.3) is 5.91 Å². The molecule has 0 atom stereocenters. The van der Waals surface area contributed by atoms with Crippen LogP contribution in [0.4, 0.5) is 4.39 Å². The molecule has 0 bridgehead atoms. The zero-order chi connectivity index (χ0) is 19.9. The number of carbonyl (C=O) groups is 3. The van der Waals surface area contributed by atoms with Crippen LogP contribution in [-0.2, 0) is 14.3 Å². The maximum absolute atomic E-state index is 13.0. The number of nitrogens with one attached hydrogen (secondary N) is 2. The maximum atomic E-state index is 13.0. The van der Waals surface area contributed by atoms with Crippen molar-refractivity contribution in [2.45, 2.75) is 51.0 Å². The third kappa shape index (κ3) is 5.66. The average Bonchev–Trinajstić information content (AvgIpc) is 2.62. The second-order valence-corrected chi connectivity index (χ2v) is 6.95. The molecule has 0 saturated heterocycles. The standard InChI is InChI=1S/C19H24ClFN2O4/c1-2-27-18(26)19(9-4-3-5-10-19)23-16(24)8-11-22-17(25)14-7-6-13(21)12-15(14)20/h6-7,12H,2-5,8-11H2,1H3,(H,22,25)(H,23,24). The van der Waals surface area contributed by atoms with Crippen molar-refractivity contribution in [3.05, 3.63) is 34.6 Å². The normalized spacial score (nSPS) is 15.7. The van der Waals surface area contributed by atoms with Gasteiger partial charge in [0.05, 0.1) is 17.2 Å². The Labute approximate surface area is 162 Å². The van der Waals surface area contributed by atoms with Crippen molar-refractivity contribution in [1.29, 1.82) is 0 Å². The van der Waals surface area contributed by atoms with Crippen molar-refractivity contribution < 1.29 is 23.5 Å². The second-order valence-electron chi connectivity index (χ2n) is 6.54. The Balaban J connectivity index is 1.88. The zero-order valence-corrected chi connectivity index (χ0v) is 16.0. The van der Waals surface area contributed by atoms with E-state index in [9.17, 15) is 18.8 Å². The highest BCUT2D eigenvalue weighted by Gasteiger charge is 2.42. The summed E-state index contributed by atoms with van der Waals surface area (Å²) in [6, 6.07) is 3.47. The maximum Gasteiger partial charge on any atom is 0.331 e. The molecule has 0 unspecified atom stereocenters. The van der Waals surface area contributed by atoms with Gasteiger partial charge in [-0.05, 0) is 38.0 Å². The Morgan fingerprint density at radius 2 is 1.93 bits per heavy atom. The largest absolute Gasteiger partial charge is 0.464 e. The molecular weight excluding hydrogens is 375 g/mol. The van der Waals surface area contributed by atoms with Gasteiger partial charge in [0, 0.05) is 13.0 Å². The van der Waals surface area contributed by atoms with Gasteiger partial charge in [0.2, 0.25) is 5.91 Å². The predicted molar refractivity (Wildman–Crippen MR) is 99.0 cm³/mol. The Bertz CT molecular complexity index is 705. The summed E-state index contributed by atoms with van der Waals surface area (Å²) in [5.41, 5.74) is -0.843. The first kappa shape index (κ1) is 21.2. The van der Waals surface area contributed by atoms with Crippen LogP contribution in [0.2, 0.25) is 5.02 Å². The monoisotopic (exact) mass is 398 g/mol. The Kier molecular flexibility index (Phi) is 7.59. The Morgan fingerprint density at radius 1 is 1.22 bits per heavy atom. The van der Waals surface area contributed by atoms with E-state index in [1.807, 2.05) is 0 Å². The fourth-order valence-electron chi connectivity index (χ4n) is 3.19. The van der Waals surface area contributed by atoms with Crippen molar-refractivity contribution >= 4 is 29.4 Å². The van der Waals surface area contributed by atoms with Gasteiger partial charge in [-0.25, -0.2) is 9.18 Å². The molecule has 2 N–H and O–H groups in total. The van der Waals surface area contributed by atoms with E-state index in [2.05, 4.69) is 10.6 Å². The van der Waals surface area contributed by atoms with Crippen LogP contribution in [0.25, 0.3) is 0 Å². The summed E-state index contributed by atoms with van der Waals surface area (Å²) in [6.45, 7) is 2.05. The fraction of sp³-hybridized carbons (Fsp3) is 0.526. The molecule has 1 aliphatic carbocycles. The van der Waals surface area contributed by atoms with E-state index in [4.69, 9.17) is 16.3 Å². The van der Waals surface area contributed by atoms with Gasteiger partial charge in [0.1, 0.15) is 11.4 Å². The predicted octanol–water partition coefficient (Wildman–Crippen LogP) is 2.98. The molecule has 0 aliphatic heterocycles. The van der Waals surface area contributed by atoms with E-state index in [1.165, 1.54) is 6.07 Å². The lowest BCUT2D eigenvalue weighted by Gasteiger charge is -2.35. The molecule has 27 heavy (non-hydrogen) atoms. The molecule has 0 aromatic heterocycles. The van der Waals surface area contributed by atoms with E-state index >= 15 is 0 Å². The molecule has 1 saturated carbocycles. The topological polar surface area (TPSA) is 84.5 Å². The first-order valence-electron chi connectivity index (χ1n) is 9.09. The number of rotatable bonds is 7. The zero-order valence-electron chi connectivity index (χ0n) is 15.3. The van der Waals surface area contributed by atoms with Crippen molar-refractivity contribution in [2.75, 3.05) is 13.2 Å². The van der Waals surface area contributed by atoms with Crippen LogP contribution in [0.3, 0.4) is 0 Å². The van der Waals surface area contributed by atoms with E-state index < -0.39 is 23.2 Å². The van der Waals surface area contributed by atoms with Crippen LogP contribution in [0, 0.1) is 5.82 Å². The van der Waals surface area contributed by atoms with Crippen LogP contribution in [0.15, 0.2) is 18.2 Å². The summed E-state index contributed by atoms with van der Waals surface area (Å²) in [6.07, 6.45) is 3.82. The van der Waals surface area contributed by atoms with Crippen molar-refractivity contribution in [1.82, 2.24) is 10.6 Å². The number of esters is 1. The van der Waals surface area contributed by atoms with Gasteiger partial charge in [-0.15, -0.1) is 0 Å². The molecule has 0 radical (unpaired) electrons. The molecule has 6 nitrogen and oxygen atoms in total. The number of ether oxygens (including phenoxy) is 1. The number of amides is 2. The SMILES string of the molecule is CCOC(=O)C1(NC(=O)CCNC(=O)c2ccc(F)cc2Cl)CCCCC1. The Hall–Kier alpha value is -2.15. The van der Waals surface area contributed by atoms with Gasteiger partial charge in [-0.1, -0.05) is 30.9 Å². The molecule has 2 amide bonds. The molecule has 0 heterocycles. The molecule has 1 aromatic carbocycles. The minimum atomic E-state index is -0.977. The lowest BCUT2D eigenvalue weighted by Crippen LogP contribution is -2.56. The third-order valence-electron chi connectivity index (χ3n) is 4.57. The Morgan fingerprint density at radius 3 is 2.56 bits per heavy atom. The van der Waals surface area contributed by atoms with Gasteiger partial charge in [-0.2, -0.15) is 0 Å². The minimum absolute atomic E-state index is 0.000390. The van der Waals surface area contributed by atoms with Crippen LogP contribution in [-0.4, -0.2) is 36.5 Å². The highest BCUT2D eigenvalue weighted by atomic mass is 35.5. The number of benzene rings is 1. The molecule has 1 fully saturated rings. The fourth-order valence-corrected chi connectivity index (χ4v) is 3.45. The summed E-state index contributed by atoms with van der Waals surface area (Å²) in [5.74, 6) is -1.77. The average molecular weight is 399 g/mol. The summed E-state index contributed by atoms with van der Waals surface area (Å²) in [4.78, 5) is 36.7. The molecular formula is C19H24ClFN2O4. The first-order valence-corrected chi connectivity index (χ1v) is 9.47. The molecule has 148 valence electrons. The lowest BCUT2D eigenvalue weighted by molar-refractivity contribution is -0.155. The van der Waals surface area contributed by atoms with E-state index in [-0.39, 0.29) is 36.1 Å². The summed E-state index contributed by atoms with van der Waals surface area (Å²) in [5, 5.41) is 5.38. The first-order chi connectivity index (χ1) is 12.9. The van der Waals surface area contributed by atoms with Crippen molar-refractivity contribution in [3.8, 4) is 0 Å². The van der Waals surface area contributed by atoms with Gasteiger partial charge in [0.15, 0.2) is 0 Å². The van der Waals surface area contributed by atoms with E-state index in [0.29, 0.717) is 12.8 Å². The van der Waals surface area contributed by atoms with Gasteiger partial charge >= 0.3 is 5.97 Å². The van der Waals surface area contributed by atoms with Crippen LogP contribution in [0.5, 0.6) is 0 Å². The van der Waals surface area contributed by atoms with Crippen molar-refractivity contribution in [2.24, 2.45) is 0 Å². The summed E-state index contributed by atoms with van der Waals surface area (Å²) in [7, 11) is 0. The second kappa shape index (κ2) is 9.69. The number of halogens is 2. The smallest absolute Gasteiger partial charge is 0.331 e. The molecule has 0 spiro atoms. The molecule has 1 aromatic rings. The van der Waals surface area contributed by atoms with Gasteiger partial charge < -0.3 is 15.4 Å². The summed E-state index contributed by atoms with van der Waals surface area (Å²) < 4.78 is 18.2. The third-order valence-corrected chi connectivity index (χ3v) is 4.88. The lowest BCUT2D eigenvalue weighted by atomic mass is 9.81. The minimum Gasteiger partial charge on any atom is -0.464 e. The van der Waals surface area contributed by atoms with E-state index in [0.717, 1.165) is 31.4 Å². The summed E-state index contributed by atoms with van der Waals surface area (Å²) >= 11 is 5.85. The van der Waals surface area contributed by atoms with Gasteiger partial charge in [-0.3, -0.25) is 9.59 Å².